The van der Waals surface area contributed by atoms with E-state index < -0.39 is 17.3 Å². The van der Waals surface area contributed by atoms with E-state index in [4.69, 9.17) is 14.5 Å². The van der Waals surface area contributed by atoms with Crippen molar-refractivity contribution in [3.63, 3.8) is 0 Å². The van der Waals surface area contributed by atoms with Gasteiger partial charge in [0.1, 0.15) is 22.0 Å². The Morgan fingerprint density at radius 1 is 1.16 bits per heavy atom. The number of carboxylic acid groups (broad SMARTS) is 1. The van der Waals surface area contributed by atoms with Crippen LogP contribution in [0.4, 0.5) is 15.3 Å². The van der Waals surface area contributed by atoms with E-state index in [0.717, 1.165) is 43.2 Å². The van der Waals surface area contributed by atoms with Gasteiger partial charge < -0.3 is 24.6 Å². The lowest BCUT2D eigenvalue weighted by Crippen LogP contribution is -2.46. The van der Waals surface area contributed by atoms with Gasteiger partial charge in [0.15, 0.2) is 0 Å². The third-order valence-electron chi connectivity index (χ3n) is 7.71. The van der Waals surface area contributed by atoms with Crippen molar-refractivity contribution in [2.24, 2.45) is 0 Å². The summed E-state index contributed by atoms with van der Waals surface area (Å²) < 4.78 is 12.0. The molecule has 206 valence electrons. The maximum absolute atomic E-state index is 12.5. The van der Waals surface area contributed by atoms with Gasteiger partial charge in [-0.2, -0.15) is 0 Å². The molecule has 2 aliphatic heterocycles. The minimum absolute atomic E-state index is 0.103. The predicted molar refractivity (Wildman–Crippen MR) is 145 cm³/mol. The first kappa shape index (κ1) is 26.7. The van der Waals surface area contributed by atoms with Crippen molar-refractivity contribution < 1.29 is 29.3 Å². The van der Waals surface area contributed by atoms with Crippen LogP contribution in [0.25, 0.3) is 11.3 Å². The summed E-state index contributed by atoms with van der Waals surface area (Å²) in [6.07, 6.45) is 4.10. The van der Waals surface area contributed by atoms with E-state index in [0.29, 0.717) is 48.1 Å². The lowest BCUT2D eigenvalue weighted by molar-refractivity contribution is -0.0357. The zero-order valence-electron chi connectivity index (χ0n) is 22.5. The van der Waals surface area contributed by atoms with Crippen molar-refractivity contribution >= 4 is 29.2 Å². The molecule has 2 aromatic rings. The molecule has 0 spiro atoms. The molecular weight excluding hydrogens is 506 g/mol. The number of hydrogen-bond donors (Lipinski definition) is 2. The van der Waals surface area contributed by atoms with Crippen molar-refractivity contribution in [3.05, 3.63) is 28.1 Å². The van der Waals surface area contributed by atoms with Crippen molar-refractivity contribution in [2.75, 3.05) is 18.0 Å². The molecule has 1 atom stereocenters. The lowest BCUT2D eigenvalue weighted by atomic mass is 9.91. The second-order valence-corrected chi connectivity index (χ2v) is 12.5. The molecule has 10 heteroatoms. The molecule has 3 aliphatic rings. The van der Waals surface area contributed by atoms with Crippen LogP contribution in [-0.2, 0) is 16.8 Å². The van der Waals surface area contributed by atoms with E-state index in [2.05, 4.69) is 0 Å². The zero-order valence-corrected chi connectivity index (χ0v) is 23.3. The van der Waals surface area contributed by atoms with Crippen molar-refractivity contribution in [2.45, 2.75) is 96.0 Å². The van der Waals surface area contributed by atoms with Crippen LogP contribution in [0.15, 0.2) is 17.5 Å². The number of anilines is 1. The molecule has 1 saturated heterocycles. The zero-order chi connectivity index (χ0) is 27.2. The summed E-state index contributed by atoms with van der Waals surface area (Å²) in [6, 6.07) is 3.65. The number of benzene rings is 1. The number of likely N-dealkylation sites (tertiary alicyclic amines) is 1. The second kappa shape index (κ2) is 10.0. The van der Waals surface area contributed by atoms with E-state index >= 15 is 0 Å². The normalized spacial score (nSPS) is 21.4. The molecule has 9 nitrogen and oxygen atoms in total. The third kappa shape index (κ3) is 5.20. The molecular formula is C28H37N3O6S. The van der Waals surface area contributed by atoms with Crippen LogP contribution in [0, 0.1) is 0 Å². The average Bonchev–Trinajstić information content (AvgIpc) is 3.31. The topological polar surface area (TPSA) is 112 Å². The third-order valence-corrected chi connectivity index (χ3v) is 8.75. The van der Waals surface area contributed by atoms with Gasteiger partial charge in [-0.05, 0) is 71.9 Å². The van der Waals surface area contributed by atoms with Gasteiger partial charge in [-0.15, -0.1) is 11.3 Å². The number of aliphatic hydroxyl groups is 1. The molecule has 1 aliphatic carbocycles. The lowest BCUT2D eigenvalue weighted by Gasteiger charge is -2.37. The fraction of sp³-hybridized carbons (Fsp3) is 0.607. The molecule has 2 fully saturated rings. The Kier molecular flexibility index (Phi) is 7.06. The standard InChI is InChI=1S/C28H37N3O6S/c1-17-8-9-20-22(31(17)25(32)33)11-10-19(23(20)36-18-6-5-7-18)21-16-38-24(29-21)28(35)12-14-30(15-13-28)26(34)37-27(2,3)4/h10-11,16-18,35H,5-9,12-15H2,1-4H3,(H,32,33)/t17-/m0/s1. The highest BCUT2D eigenvalue weighted by Gasteiger charge is 2.40. The Balaban J connectivity index is 1.41. The van der Waals surface area contributed by atoms with Gasteiger partial charge in [-0.25, -0.2) is 14.6 Å². The quantitative estimate of drug-likeness (QED) is 0.503. The van der Waals surface area contributed by atoms with Gasteiger partial charge in [-0.1, -0.05) is 0 Å². The molecule has 1 aromatic carbocycles. The van der Waals surface area contributed by atoms with E-state index in [1.54, 1.807) is 4.90 Å². The summed E-state index contributed by atoms with van der Waals surface area (Å²) in [4.78, 5) is 32.4. The SMILES string of the molecule is C[C@H]1CCc2c(ccc(-c3csc(C4(O)CCN(C(=O)OC(C)(C)C)CC4)n3)c2OC2CCC2)N1C(=O)O. The Hall–Kier alpha value is -2.85. The first-order valence-corrected chi connectivity index (χ1v) is 14.3. The Morgan fingerprint density at radius 3 is 2.47 bits per heavy atom. The van der Waals surface area contributed by atoms with Gasteiger partial charge in [0.2, 0.25) is 0 Å². The van der Waals surface area contributed by atoms with Gasteiger partial charge in [0, 0.05) is 48.5 Å². The largest absolute Gasteiger partial charge is 0.489 e. The highest BCUT2D eigenvalue weighted by molar-refractivity contribution is 7.10. The van der Waals surface area contributed by atoms with Crippen molar-refractivity contribution in [3.8, 4) is 17.0 Å². The van der Waals surface area contributed by atoms with Crippen LogP contribution in [0.3, 0.4) is 0 Å². The van der Waals surface area contributed by atoms with Crippen molar-refractivity contribution in [1.29, 1.82) is 0 Å². The Morgan fingerprint density at radius 2 is 1.87 bits per heavy atom. The molecule has 2 N–H and O–H groups in total. The van der Waals surface area contributed by atoms with Crippen LogP contribution in [0.2, 0.25) is 0 Å². The van der Waals surface area contributed by atoms with Crippen LogP contribution in [0.1, 0.15) is 76.8 Å². The second-order valence-electron chi connectivity index (χ2n) is 11.7. The Labute approximate surface area is 227 Å². The molecule has 0 unspecified atom stereocenters. The summed E-state index contributed by atoms with van der Waals surface area (Å²) in [5.74, 6) is 0.717. The monoisotopic (exact) mass is 543 g/mol. The summed E-state index contributed by atoms with van der Waals surface area (Å²) >= 11 is 1.40. The number of amides is 2. The van der Waals surface area contributed by atoms with Crippen LogP contribution in [-0.4, -0.2) is 63.1 Å². The van der Waals surface area contributed by atoms with Gasteiger partial charge in [0.25, 0.3) is 0 Å². The number of carbonyl (C=O) groups excluding carboxylic acids is 1. The molecule has 5 rings (SSSR count). The number of nitrogens with zero attached hydrogens (tertiary/aromatic N) is 3. The van der Waals surface area contributed by atoms with Gasteiger partial charge in [-0.3, -0.25) is 4.90 Å². The summed E-state index contributed by atoms with van der Waals surface area (Å²) in [5, 5.41) is 23.9. The molecule has 2 amide bonds. The highest BCUT2D eigenvalue weighted by atomic mass is 32.1. The number of carbonyl (C=O) groups is 2. The number of ether oxygens (including phenoxy) is 2. The van der Waals surface area contributed by atoms with E-state index in [-0.39, 0.29) is 18.2 Å². The van der Waals surface area contributed by atoms with E-state index in [9.17, 15) is 19.8 Å². The maximum atomic E-state index is 12.5. The average molecular weight is 544 g/mol. The minimum Gasteiger partial charge on any atom is -0.489 e. The Bertz CT molecular complexity index is 1210. The van der Waals surface area contributed by atoms with Crippen LogP contribution >= 0.6 is 11.3 Å². The molecule has 38 heavy (non-hydrogen) atoms. The number of thiazole rings is 1. The molecule has 1 aromatic heterocycles. The number of fused-ring (bicyclic) bond motifs is 1. The number of piperidine rings is 1. The first-order valence-electron chi connectivity index (χ1n) is 13.5. The highest BCUT2D eigenvalue weighted by Crippen LogP contribution is 2.46. The number of hydrogen-bond acceptors (Lipinski definition) is 7. The van der Waals surface area contributed by atoms with E-state index in [1.165, 1.54) is 16.2 Å². The smallest absolute Gasteiger partial charge is 0.412 e. The molecule has 0 bridgehead atoms. The molecule has 3 heterocycles. The van der Waals surface area contributed by atoms with Crippen molar-refractivity contribution in [1.82, 2.24) is 9.88 Å². The predicted octanol–water partition coefficient (Wildman–Crippen LogP) is 5.78. The number of aromatic nitrogens is 1. The fourth-order valence-corrected chi connectivity index (χ4v) is 6.28. The molecule has 0 radical (unpaired) electrons. The first-order chi connectivity index (χ1) is 17.9. The summed E-state index contributed by atoms with van der Waals surface area (Å²) in [6.45, 7) is 8.22. The summed E-state index contributed by atoms with van der Waals surface area (Å²) in [7, 11) is 0. The van der Waals surface area contributed by atoms with Crippen LogP contribution in [0.5, 0.6) is 5.75 Å². The number of rotatable bonds is 4. The fourth-order valence-electron chi connectivity index (χ4n) is 5.30. The maximum Gasteiger partial charge on any atom is 0.412 e. The van der Waals surface area contributed by atoms with Gasteiger partial charge >= 0.3 is 12.2 Å². The minimum atomic E-state index is -1.12. The van der Waals surface area contributed by atoms with E-state index in [1.807, 2.05) is 45.2 Å². The van der Waals surface area contributed by atoms with Crippen LogP contribution < -0.4 is 9.64 Å². The van der Waals surface area contributed by atoms with Gasteiger partial charge in [0.05, 0.1) is 17.5 Å². The summed E-state index contributed by atoms with van der Waals surface area (Å²) in [5.41, 5.74) is 1.44. The molecule has 1 saturated carbocycles.